The third kappa shape index (κ3) is 3.22. The van der Waals surface area contributed by atoms with Crippen LogP contribution in [0.2, 0.25) is 0 Å². The topological polar surface area (TPSA) is 34.4 Å². The molecule has 108 valence electrons. The first kappa shape index (κ1) is 13.7. The second-order valence-corrected chi connectivity index (χ2v) is 5.56. The summed E-state index contributed by atoms with van der Waals surface area (Å²) in [6.07, 6.45) is 3.97. The minimum atomic E-state index is 0.585. The molecular formula is C17H23NO2. The Labute approximate surface area is 120 Å². The van der Waals surface area contributed by atoms with Gasteiger partial charge in [-0.1, -0.05) is 38.0 Å². The van der Waals surface area contributed by atoms with Crippen LogP contribution < -0.4 is 5.32 Å². The van der Waals surface area contributed by atoms with Gasteiger partial charge in [-0.25, -0.2) is 0 Å². The normalized spacial score (nSPS) is 15.1. The second kappa shape index (κ2) is 6.42. The maximum absolute atomic E-state index is 5.95. The van der Waals surface area contributed by atoms with Gasteiger partial charge in [0.05, 0.1) is 0 Å². The molecule has 3 heteroatoms. The molecule has 1 fully saturated rings. The molecule has 2 aromatic rings. The number of ether oxygens (including phenoxy) is 1. The van der Waals surface area contributed by atoms with E-state index in [1.807, 2.05) is 12.1 Å². The molecule has 0 unspecified atom stereocenters. The van der Waals surface area contributed by atoms with E-state index in [1.165, 1.54) is 30.2 Å². The number of fused-ring (bicyclic) bond motifs is 1. The van der Waals surface area contributed by atoms with Gasteiger partial charge in [0.25, 0.3) is 0 Å². The van der Waals surface area contributed by atoms with Crippen molar-refractivity contribution in [2.75, 3.05) is 13.2 Å². The first-order valence-electron chi connectivity index (χ1n) is 7.66. The summed E-state index contributed by atoms with van der Waals surface area (Å²) in [5.41, 5.74) is 2.20. The molecule has 3 nitrogen and oxygen atoms in total. The highest BCUT2D eigenvalue weighted by Gasteiger charge is 2.20. The first-order chi connectivity index (χ1) is 9.88. The Kier molecular flexibility index (Phi) is 4.38. The van der Waals surface area contributed by atoms with Crippen molar-refractivity contribution in [1.82, 2.24) is 5.32 Å². The molecule has 1 aliphatic carbocycles. The summed E-state index contributed by atoms with van der Waals surface area (Å²) in [6, 6.07) is 8.23. The molecule has 1 aliphatic rings. The van der Waals surface area contributed by atoms with Crippen LogP contribution in [0.3, 0.4) is 0 Å². The summed E-state index contributed by atoms with van der Waals surface area (Å²) in [7, 11) is 0. The van der Waals surface area contributed by atoms with E-state index >= 15 is 0 Å². The van der Waals surface area contributed by atoms with Gasteiger partial charge >= 0.3 is 0 Å². The largest absolute Gasteiger partial charge is 0.458 e. The van der Waals surface area contributed by atoms with E-state index in [4.69, 9.17) is 9.15 Å². The zero-order valence-corrected chi connectivity index (χ0v) is 12.2. The van der Waals surface area contributed by atoms with Gasteiger partial charge in [0.2, 0.25) is 0 Å². The highest BCUT2D eigenvalue weighted by Crippen LogP contribution is 2.32. The molecule has 0 aliphatic heterocycles. The molecule has 3 rings (SSSR count). The molecule has 0 radical (unpaired) electrons. The fourth-order valence-electron chi connectivity index (χ4n) is 2.53. The highest BCUT2D eigenvalue weighted by atomic mass is 16.5. The van der Waals surface area contributed by atoms with Crippen molar-refractivity contribution >= 4 is 11.0 Å². The summed E-state index contributed by atoms with van der Waals surface area (Å²) in [6.45, 7) is 5.36. The molecule has 20 heavy (non-hydrogen) atoms. The lowest BCUT2D eigenvalue weighted by atomic mass is 10.1. The van der Waals surface area contributed by atoms with E-state index in [1.54, 1.807) is 0 Å². The van der Waals surface area contributed by atoms with Crippen LogP contribution in [0.25, 0.3) is 11.0 Å². The number of hydrogen-bond acceptors (Lipinski definition) is 3. The lowest BCUT2D eigenvalue weighted by Gasteiger charge is -2.05. The maximum Gasteiger partial charge on any atom is 0.135 e. The van der Waals surface area contributed by atoms with Crippen LogP contribution in [-0.4, -0.2) is 13.2 Å². The monoisotopic (exact) mass is 273 g/mol. The number of hydrogen-bond donors (Lipinski definition) is 1. The van der Waals surface area contributed by atoms with Gasteiger partial charge < -0.3 is 14.5 Å². The van der Waals surface area contributed by atoms with E-state index < -0.39 is 0 Å². The lowest BCUT2D eigenvalue weighted by Crippen LogP contribution is -2.13. The van der Waals surface area contributed by atoms with Crippen LogP contribution in [0.15, 0.2) is 28.7 Å². The van der Waals surface area contributed by atoms with Gasteiger partial charge in [0.15, 0.2) is 0 Å². The van der Waals surface area contributed by atoms with Crippen LogP contribution in [-0.2, 0) is 17.9 Å². The number of nitrogens with one attached hydrogen (secondary N) is 1. The van der Waals surface area contributed by atoms with Crippen LogP contribution in [0, 0.1) is 5.92 Å². The minimum Gasteiger partial charge on any atom is -0.458 e. The van der Waals surface area contributed by atoms with Crippen molar-refractivity contribution in [2.24, 2.45) is 5.92 Å². The molecule has 1 saturated carbocycles. The van der Waals surface area contributed by atoms with E-state index in [2.05, 4.69) is 24.4 Å². The summed E-state index contributed by atoms with van der Waals surface area (Å²) >= 11 is 0. The van der Waals surface area contributed by atoms with Crippen molar-refractivity contribution in [3.8, 4) is 0 Å². The number of benzene rings is 1. The Morgan fingerprint density at radius 2 is 2.15 bits per heavy atom. The molecular weight excluding hydrogens is 250 g/mol. The first-order valence-corrected chi connectivity index (χ1v) is 7.66. The summed E-state index contributed by atoms with van der Waals surface area (Å²) < 4.78 is 11.8. The Hall–Kier alpha value is -1.32. The summed E-state index contributed by atoms with van der Waals surface area (Å²) in [4.78, 5) is 0. The van der Waals surface area contributed by atoms with Gasteiger partial charge in [-0.05, 0) is 24.9 Å². The lowest BCUT2D eigenvalue weighted by molar-refractivity contribution is 0.101. The number of para-hydroxylation sites is 1. The third-order valence-electron chi connectivity index (χ3n) is 3.93. The van der Waals surface area contributed by atoms with Crippen molar-refractivity contribution in [3.63, 3.8) is 0 Å². The Balaban J connectivity index is 1.69. The molecule has 0 saturated heterocycles. The van der Waals surface area contributed by atoms with Gasteiger partial charge in [0, 0.05) is 24.1 Å². The van der Waals surface area contributed by atoms with Crippen LogP contribution >= 0.6 is 0 Å². The highest BCUT2D eigenvalue weighted by molar-refractivity contribution is 5.82. The predicted octanol–water partition coefficient (Wildman–Crippen LogP) is 3.86. The standard InChI is InChI=1S/C17H23NO2/c1-2-18-11-15-14-5-3-4-6-16(14)20-17(15)12-19-10-9-13-7-8-13/h3-6,13,18H,2,7-12H2,1H3. The molecule has 1 aromatic heterocycles. The molecule has 0 bridgehead atoms. The van der Waals surface area contributed by atoms with Crippen molar-refractivity contribution in [1.29, 1.82) is 0 Å². The fourth-order valence-corrected chi connectivity index (χ4v) is 2.53. The maximum atomic E-state index is 5.95. The summed E-state index contributed by atoms with van der Waals surface area (Å²) in [5.74, 6) is 1.90. The quantitative estimate of drug-likeness (QED) is 0.742. The Bertz CT molecular complexity index is 557. The molecule has 0 atom stereocenters. The number of rotatable bonds is 8. The predicted molar refractivity (Wildman–Crippen MR) is 80.6 cm³/mol. The van der Waals surface area contributed by atoms with Crippen molar-refractivity contribution < 1.29 is 9.15 Å². The minimum absolute atomic E-state index is 0.585. The number of furan rings is 1. The van der Waals surface area contributed by atoms with Gasteiger partial charge in [-0.3, -0.25) is 0 Å². The van der Waals surface area contributed by atoms with Gasteiger partial charge in [-0.2, -0.15) is 0 Å². The van der Waals surface area contributed by atoms with Gasteiger partial charge in [0.1, 0.15) is 18.0 Å². The van der Waals surface area contributed by atoms with Crippen molar-refractivity contribution in [2.45, 2.75) is 39.3 Å². The molecule has 0 amide bonds. The molecule has 1 heterocycles. The average Bonchev–Trinajstić information content (AvgIpc) is 3.23. The second-order valence-electron chi connectivity index (χ2n) is 5.56. The van der Waals surface area contributed by atoms with Crippen LogP contribution in [0.5, 0.6) is 0 Å². The Morgan fingerprint density at radius 3 is 2.95 bits per heavy atom. The molecule has 0 spiro atoms. The Morgan fingerprint density at radius 1 is 1.30 bits per heavy atom. The fraction of sp³-hybridized carbons (Fsp3) is 0.529. The van der Waals surface area contributed by atoms with E-state index in [0.29, 0.717) is 6.61 Å². The van der Waals surface area contributed by atoms with Crippen LogP contribution in [0.1, 0.15) is 37.5 Å². The zero-order chi connectivity index (χ0) is 13.8. The zero-order valence-electron chi connectivity index (χ0n) is 12.2. The average molecular weight is 273 g/mol. The van der Waals surface area contributed by atoms with E-state index in [0.717, 1.165) is 37.0 Å². The smallest absolute Gasteiger partial charge is 0.135 e. The van der Waals surface area contributed by atoms with E-state index in [9.17, 15) is 0 Å². The van der Waals surface area contributed by atoms with Crippen LogP contribution in [0.4, 0.5) is 0 Å². The van der Waals surface area contributed by atoms with Crippen molar-refractivity contribution in [3.05, 3.63) is 35.6 Å². The van der Waals surface area contributed by atoms with E-state index in [-0.39, 0.29) is 0 Å². The molecule has 1 aromatic carbocycles. The SMILES string of the molecule is CCNCc1c(COCCC2CC2)oc2ccccc12. The third-order valence-corrected chi connectivity index (χ3v) is 3.93. The van der Waals surface area contributed by atoms with Gasteiger partial charge in [-0.15, -0.1) is 0 Å². The molecule has 1 N–H and O–H groups in total. The summed E-state index contributed by atoms with van der Waals surface area (Å²) in [5, 5.41) is 4.59.